The fraction of sp³-hybridized carbons (Fsp3) is 0.600. The van der Waals surface area contributed by atoms with Crippen molar-refractivity contribution < 1.29 is 0 Å². The van der Waals surface area contributed by atoms with Crippen LogP contribution in [0.3, 0.4) is 0 Å². The summed E-state index contributed by atoms with van der Waals surface area (Å²) >= 11 is 6.17. The van der Waals surface area contributed by atoms with E-state index in [1.807, 2.05) is 6.07 Å². The first kappa shape index (κ1) is 13.7. The van der Waals surface area contributed by atoms with Crippen LogP contribution < -0.4 is 10.2 Å². The Balaban J connectivity index is 2.25. The predicted molar refractivity (Wildman–Crippen MR) is 79.5 cm³/mol. The van der Waals surface area contributed by atoms with Gasteiger partial charge < -0.3 is 10.2 Å². The van der Waals surface area contributed by atoms with Crippen molar-refractivity contribution in [2.75, 3.05) is 18.0 Å². The van der Waals surface area contributed by atoms with Crippen LogP contribution in [-0.2, 0) is 6.54 Å². The van der Waals surface area contributed by atoms with Crippen molar-refractivity contribution in [1.82, 2.24) is 5.32 Å². The molecule has 1 aromatic carbocycles. The van der Waals surface area contributed by atoms with Gasteiger partial charge in [-0.15, -0.1) is 0 Å². The average molecular weight is 267 g/mol. The largest absolute Gasteiger partial charge is 0.369 e. The number of anilines is 1. The first-order valence-electron chi connectivity index (χ1n) is 6.98. The number of benzene rings is 1. The molecule has 0 amide bonds. The van der Waals surface area contributed by atoms with Gasteiger partial charge >= 0.3 is 0 Å². The molecule has 1 N–H and O–H groups in total. The summed E-state index contributed by atoms with van der Waals surface area (Å²) in [6.45, 7) is 7.53. The lowest BCUT2D eigenvalue weighted by Crippen LogP contribution is -2.38. The van der Waals surface area contributed by atoms with E-state index in [-0.39, 0.29) is 0 Å². The van der Waals surface area contributed by atoms with E-state index in [2.05, 4.69) is 36.2 Å². The summed E-state index contributed by atoms with van der Waals surface area (Å²) in [5.74, 6) is 0. The summed E-state index contributed by atoms with van der Waals surface area (Å²) in [5, 5.41) is 4.24. The van der Waals surface area contributed by atoms with Gasteiger partial charge in [-0.05, 0) is 50.4 Å². The molecule has 1 saturated heterocycles. The molecule has 1 unspecified atom stereocenters. The fourth-order valence-electron chi connectivity index (χ4n) is 2.67. The Morgan fingerprint density at radius 3 is 2.94 bits per heavy atom. The van der Waals surface area contributed by atoms with Crippen LogP contribution in [0.15, 0.2) is 18.2 Å². The Labute approximate surface area is 115 Å². The van der Waals surface area contributed by atoms with Crippen molar-refractivity contribution >= 4 is 17.3 Å². The van der Waals surface area contributed by atoms with Crippen LogP contribution in [0, 0.1) is 0 Å². The number of nitrogens with one attached hydrogen (secondary N) is 1. The summed E-state index contributed by atoms with van der Waals surface area (Å²) < 4.78 is 0. The average Bonchev–Trinajstić information content (AvgIpc) is 2.38. The third-order valence-electron chi connectivity index (χ3n) is 3.73. The molecule has 2 nitrogen and oxygen atoms in total. The third kappa shape index (κ3) is 3.18. The number of piperidine rings is 1. The molecule has 0 aliphatic carbocycles. The number of rotatable bonds is 4. The van der Waals surface area contributed by atoms with Gasteiger partial charge in [-0.2, -0.15) is 0 Å². The molecule has 0 spiro atoms. The SMILES string of the molecule is CCNCc1ccc(Cl)cc1N1CCCCC1C. The second-order valence-electron chi connectivity index (χ2n) is 5.09. The number of hydrogen-bond donors (Lipinski definition) is 1. The standard InChI is InChI=1S/C15H23ClN2/c1-3-17-11-13-7-8-14(16)10-15(13)18-9-5-4-6-12(18)2/h7-8,10,12,17H,3-6,9,11H2,1-2H3. The Bertz CT molecular complexity index is 392. The van der Waals surface area contributed by atoms with Gasteiger partial charge in [-0.1, -0.05) is 24.6 Å². The van der Waals surface area contributed by atoms with Crippen molar-refractivity contribution in [1.29, 1.82) is 0 Å². The molecule has 1 atom stereocenters. The van der Waals surface area contributed by atoms with E-state index in [4.69, 9.17) is 11.6 Å². The lowest BCUT2D eigenvalue weighted by molar-refractivity contribution is 0.483. The maximum absolute atomic E-state index is 6.17. The molecule has 0 aromatic heterocycles. The summed E-state index contributed by atoms with van der Waals surface area (Å²) in [5.41, 5.74) is 2.67. The van der Waals surface area contributed by atoms with Gasteiger partial charge in [0.15, 0.2) is 0 Å². The van der Waals surface area contributed by atoms with Gasteiger partial charge in [0.1, 0.15) is 0 Å². The van der Waals surface area contributed by atoms with Gasteiger partial charge in [0.2, 0.25) is 0 Å². The highest BCUT2D eigenvalue weighted by Crippen LogP contribution is 2.30. The molecular formula is C15H23ClN2. The highest BCUT2D eigenvalue weighted by molar-refractivity contribution is 6.30. The highest BCUT2D eigenvalue weighted by Gasteiger charge is 2.20. The van der Waals surface area contributed by atoms with Gasteiger partial charge in [-0.25, -0.2) is 0 Å². The van der Waals surface area contributed by atoms with Crippen molar-refractivity contribution in [3.05, 3.63) is 28.8 Å². The Morgan fingerprint density at radius 1 is 1.39 bits per heavy atom. The molecular weight excluding hydrogens is 244 g/mol. The minimum absolute atomic E-state index is 0.623. The van der Waals surface area contributed by atoms with Crippen LogP contribution in [0.4, 0.5) is 5.69 Å². The Kier molecular flexibility index (Phi) is 4.90. The lowest BCUT2D eigenvalue weighted by Gasteiger charge is -2.37. The fourth-order valence-corrected chi connectivity index (χ4v) is 2.84. The van der Waals surface area contributed by atoms with Gasteiger partial charge in [0, 0.05) is 29.8 Å². The van der Waals surface area contributed by atoms with Crippen LogP contribution in [-0.4, -0.2) is 19.1 Å². The van der Waals surface area contributed by atoms with Crippen molar-refractivity contribution in [3.8, 4) is 0 Å². The van der Waals surface area contributed by atoms with Gasteiger partial charge in [0.05, 0.1) is 0 Å². The van der Waals surface area contributed by atoms with E-state index < -0.39 is 0 Å². The number of halogens is 1. The number of hydrogen-bond acceptors (Lipinski definition) is 2. The molecule has 1 aliphatic heterocycles. The van der Waals surface area contributed by atoms with Crippen LogP contribution in [0.25, 0.3) is 0 Å². The maximum Gasteiger partial charge on any atom is 0.0429 e. The van der Waals surface area contributed by atoms with Gasteiger partial charge in [-0.3, -0.25) is 0 Å². The van der Waals surface area contributed by atoms with Crippen molar-refractivity contribution in [3.63, 3.8) is 0 Å². The number of nitrogens with zero attached hydrogens (tertiary/aromatic N) is 1. The smallest absolute Gasteiger partial charge is 0.0429 e. The molecule has 0 radical (unpaired) electrons. The van der Waals surface area contributed by atoms with E-state index >= 15 is 0 Å². The zero-order valence-electron chi connectivity index (χ0n) is 11.4. The second-order valence-corrected chi connectivity index (χ2v) is 5.53. The van der Waals surface area contributed by atoms with Gasteiger partial charge in [0.25, 0.3) is 0 Å². The van der Waals surface area contributed by atoms with E-state index in [0.717, 1.165) is 24.7 Å². The predicted octanol–water partition coefficient (Wildman–Crippen LogP) is 3.83. The first-order chi connectivity index (χ1) is 8.72. The zero-order valence-corrected chi connectivity index (χ0v) is 12.1. The van der Waals surface area contributed by atoms with Crippen LogP contribution in [0.2, 0.25) is 5.02 Å². The minimum Gasteiger partial charge on any atom is -0.369 e. The topological polar surface area (TPSA) is 15.3 Å². The zero-order chi connectivity index (χ0) is 13.0. The molecule has 1 aliphatic rings. The van der Waals surface area contributed by atoms with Crippen molar-refractivity contribution in [2.24, 2.45) is 0 Å². The van der Waals surface area contributed by atoms with Crippen molar-refractivity contribution in [2.45, 2.75) is 45.7 Å². The molecule has 1 heterocycles. The molecule has 0 bridgehead atoms. The second kappa shape index (κ2) is 6.44. The Morgan fingerprint density at radius 2 is 2.22 bits per heavy atom. The van der Waals surface area contributed by atoms with E-state index in [1.54, 1.807) is 0 Å². The summed E-state index contributed by atoms with van der Waals surface area (Å²) in [7, 11) is 0. The molecule has 0 saturated carbocycles. The van der Waals surface area contributed by atoms with Crippen LogP contribution in [0.1, 0.15) is 38.7 Å². The molecule has 3 heteroatoms. The lowest BCUT2D eigenvalue weighted by atomic mass is 10.0. The highest BCUT2D eigenvalue weighted by atomic mass is 35.5. The normalized spacial score (nSPS) is 20.2. The van der Waals surface area contributed by atoms with E-state index in [9.17, 15) is 0 Å². The molecule has 100 valence electrons. The molecule has 1 fully saturated rings. The molecule has 1 aromatic rings. The molecule has 18 heavy (non-hydrogen) atoms. The Hall–Kier alpha value is -0.730. The summed E-state index contributed by atoms with van der Waals surface area (Å²) in [4.78, 5) is 2.52. The third-order valence-corrected chi connectivity index (χ3v) is 3.96. The van der Waals surface area contributed by atoms with Crippen LogP contribution in [0.5, 0.6) is 0 Å². The molecule has 2 rings (SSSR count). The first-order valence-corrected chi connectivity index (χ1v) is 7.36. The summed E-state index contributed by atoms with van der Waals surface area (Å²) in [6.07, 6.45) is 3.92. The van der Waals surface area contributed by atoms with E-state index in [0.29, 0.717) is 6.04 Å². The summed E-state index contributed by atoms with van der Waals surface area (Å²) in [6, 6.07) is 6.89. The van der Waals surface area contributed by atoms with E-state index in [1.165, 1.54) is 30.5 Å². The maximum atomic E-state index is 6.17. The minimum atomic E-state index is 0.623. The quantitative estimate of drug-likeness (QED) is 0.891. The monoisotopic (exact) mass is 266 g/mol. The van der Waals surface area contributed by atoms with Crippen LogP contribution >= 0.6 is 11.6 Å².